The first kappa shape index (κ1) is 22.1. The molecule has 0 radical (unpaired) electrons. The van der Waals surface area contributed by atoms with E-state index in [1.54, 1.807) is 19.1 Å². The molecule has 1 aliphatic rings. The van der Waals surface area contributed by atoms with Crippen molar-refractivity contribution >= 4 is 23.5 Å². The van der Waals surface area contributed by atoms with Crippen molar-refractivity contribution in [1.82, 2.24) is 20.1 Å². The maximum absolute atomic E-state index is 12.9. The van der Waals surface area contributed by atoms with Crippen LogP contribution in [0.25, 0.3) is 11.3 Å². The third-order valence-corrected chi connectivity index (χ3v) is 5.06. The van der Waals surface area contributed by atoms with Crippen molar-refractivity contribution in [3.05, 3.63) is 70.5 Å². The van der Waals surface area contributed by atoms with E-state index in [9.17, 15) is 27.6 Å². The minimum Gasteiger partial charge on any atom is -0.309 e. The Bertz CT molecular complexity index is 1290. The number of carbonyl (C=O) groups excluding carboxylic acids is 3. The second-order valence-electron chi connectivity index (χ2n) is 7.50. The van der Waals surface area contributed by atoms with Crippen LogP contribution >= 0.6 is 0 Å². The maximum atomic E-state index is 12.9. The number of aromatic nitrogens is 3. The highest BCUT2D eigenvalue weighted by Crippen LogP contribution is 2.31. The summed E-state index contributed by atoms with van der Waals surface area (Å²) >= 11 is 0. The van der Waals surface area contributed by atoms with Crippen LogP contribution in [0.2, 0.25) is 0 Å². The molecule has 0 atom stereocenters. The summed E-state index contributed by atoms with van der Waals surface area (Å²) in [6.07, 6.45) is -2.78. The average molecular weight is 455 g/mol. The summed E-state index contributed by atoms with van der Waals surface area (Å²) in [5.41, 5.74) is 0.944. The number of amides is 3. The first-order valence-corrected chi connectivity index (χ1v) is 9.66. The Kier molecular flexibility index (Phi) is 5.40. The van der Waals surface area contributed by atoms with Crippen LogP contribution in [0.3, 0.4) is 0 Å². The number of benzene rings is 1. The van der Waals surface area contributed by atoms with Crippen molar-refractivity contribution in [2.75, 3.05) is 12.4 Å². The molecule has 4 rings (SSSR count). The number of anilines is 1. The third-order valence-electron chi connectivity index (χ3n) is 5.06. The molecule has 1 aromatic carbocycles. The zero-order valence-electron chi connectivity index (χ0n) is 17.4. The Balaban J connectivity index is 1.51. The van der Waals surface area contributed by atoms with Crippen molar-refractivity contribution < 1.29 is 27.6 Å². The number of alkyl halides is 3. The van der Waals surface area contributed by atoms with E-state index in [0.717, 1.165) is 16.5 Å². The molecule has 0 aliphatic carbocycles. The van der Waals surface area contributed by atoms with Gasteiger partial charge in [-0.2, -0.15) is 13.2 Å². The van der Waals surface area contributed by atoms with Crippen LogP contribution in [0.5, 0.6) is 0 Å². The van der Waals surface area contributed by atoms with Gasteiger partial charge in [-0.25, -0.2) is 0 Å². The smallest absolute Gasteiger partial charge is 0.309 e. The highest BCUT2D eigenvalue weighted by Gasteiger charge is 2.35. The summed E-state index contributed by atoms with van der Waals surface area (Å²) in [4.78, 5) is 41.8. The molecule has 1 N–H and O–H groups in total. The monoisotopic (exact) mass is 455 g/mol. The summed E-state index contributed by atoms with van der Waals surface area (Å²) in [7, 11) is 1.38. The molecule has 0 bridgehead atoms. The van der Waals surface area contributed by atoms with Gasteiger partial charge in [0.05, 0.1) is 28.8 Å². The minimum atomic E-state index is -4.54. The number of nitrogens with one attached hydrogen (secondary N) is 1. The fourth-order valence-corrected chi connectivity index (χ4v) is 3.51. The standard InChI is InChI=1S/C22H16F3N5O3/c1-11-5-12(19-15(6-11)20(32)30(2)21(19)33)8-18(31)27-17-4-3-16(28-29-17)13-7-14(10-26-9-13)22(23,24)25/h3-7,9-10H,8H2,1-2H3,(H,27,29,31). The van der Waals surface area contributed by atoms with E-state index >= 15 is 0 Å². The molecule has 33 heavy (non-hydrogen) atoms. The normalized spacial score (nSPS) is 13.3. The molecular formula is C22H16F3N5O3. The molecule has 0 unspecified atom stereocenters. The SMILES string of the molecule is Cc1cc(CC(=O)Nc2ccc(-c3cncc(C(F)(F)F)c3)nn2)c2c(c1)C(=O)N(C)C2=O. The van der Waals surface area contributed by atoms with E-state index in [4.69, 9.17) is 0 Å². The molecule has 0 saturated carbocycles. The number of hydrogen-bond acceptors (Lipinski definition) is 6. The second-order valence-corrected chi connectivity index (χ2v) is 7.50. The van der Waals surface area contributed by atoms with Gasteiger partial charge in [-0.1, -0.05) is 6.07 Å². The fraction of sp³-hybridized carbons (Fsp3) is 0.182. The predicted octanol–water partition coefficient (Wildman–Crippen LogP) is 3.27. The van der Waals surface area contributed by atoms with Crippen LogP contribution in [0.4, 0.5) is 19.0 Å². The molecule has 0 fully saturated rings. The first-order chi connectivity index (χ1) is 15.5. The van der Waals surface area contributed by atoms with Crippen LogP contribution in [0.1, 0.15) is 37.4 Å². The van der Waals surface area contributed by atoms with Crippen molar-refractivity contribution in [2.45, 2.75) is 19.5 Å². The van der Waals surface area contributed by atoms with Gasteiger partial charge in [0, 0.05) is 25.0 Å². The fourth-order valence-electron chi connectivity index (χ4n) is 3.51. The molecule has 11 heteroatoms. The Morgan fingerprint density at radius 1 is 1.06 bits per heavy atom. The summed E-state index contributed by atoms with van der Waals surface area (Å²) < 4.78 is 38.6. The third kappa shape index (κ3) is 4.29. The van der Waals surface area contributed by atoms with Gasteiger partial charge in [0.25, 0.3) is 11.8 Å². The van der Waals surface area contributed by atoms with Crippen LogP contribution in [0.15, 0.2) is 42.7 Å². The van der Waals surface area contributed by atoms with Crippen molar-refractivity contribution in [3.63, 3.8) is 0 Å². The number of halogens is 3. The van der Waals surface area contributed by atoms with E-state index < -0.39 is 29.5 Å². The molecule has 3 amide bonds. The number of aryl methyl sites for hydroxylation is 1. The zero-order valence-corrected chi connectivity index (χ0v) is 17.4. The number of hydrogen-bond donors (Lipinski definition) is 1. The van der Waals surface area contributed by atoms with Crippen molar-refractivity contribution in [3.8, 4) is 11.3 Å². The Morgan fingerprint density at radius 3 is 2.48 bits per heavy atom. The lowest BCUT2D eigenvalue weighted by Crippen LogP contribution is -2.25. The van der Waals surface area contributed by atoms with E-state index in [1.165, 1.54) is 25.4 Å². The lowest BCUT2D eigenvalue weighted by Gasteiger charge is -2.09. The Labute approximate surface area is 185 Å². The second kappa shape index (κ2) is 8.08. The minimum absolute atomic E-state index is 0.0764. The highest BCUT2D eigenvalue weighted by molar-refractivity contribution is 6.22. The predicted molar refractivity (Wildman–Crippen MR) is 110 cm³/mol. The topological polar surface area (TPSA) is 105 Å². The highest BCUT2D eigenvalue weighted by atomic mass is 19.4. The number of imide groups is 1. The maximum Gasteiger partial charge on any atom is 0.417 e. The van der Waals surface area contributed by atoms with Gasteiger partial charge in [-0.05, 0) is 42.3 Å². The van der Waals surface area contributed by atoms with Gasteiger partial charge in [0.15, 0.2) is 5.82 Å². The number of carbonyl (C=O) groups is 3. The van der Waals surface area contributed by atoms with Gasteiger partial charge in [0.1, 0.15) is 0 Å². The molecule has 3 heterocycles. The van der Waals surface area contributed by atoms with E-state index in [1.807, 2.05) is 0 Å². The first-order valence-electron chi connectivity index (χ1n) is 9.66. The average Bonchev–Trinajstić information content (AvgIpc) is 2.97. The number of nitrogens with zero attached hydrogens (tertiary/aromatic N) is 4. The molecule has 3 aromatic rings. The molecule has 0 saturated heterocycles. The lowest BCUT2D eigenvalue weighted by molar-refractivity contribution is -0.137. The lowest BCUT2D eigenvalue weighted by atomic mass is 9.97. The van der Waals surface area contributed by atoms with Crippen LogP contribution < -0.4 is 5.32 Å². The summed E-state index contributed by atoms with van der Waals surface area (Å²) in [5, 5.41) is 10.2. The van der Waals surface area contributed by atoms with E-state index in [-0.39, 0.29) is 34.6 Å². The van der Waals surface area contributed by atoms with Crippen LogP contribution in [0, 0.1) is 6.92 Å². The zero-order chi connectivity index (χ0) is 23.9. The van der Waals surface area contributed by atoms with Gasteiger partial charge >= 0.3 is 6.18 Å². The summed E-state index contributed by atoms with van der Waals surface area (Å²) in [6.45, 7) is 1.75. The molecule has 2 aromatic heterocycles. The summed E-state index contributed by atoms with van der Waals surface area (Å²) in [6, 6.07) is 6.97. The van der Waals surface area contributed by atoms with Gasteiger partial charge in [0.2, 0.25) is 5.91 Å². The number of pyridine rings is 1. The van der Waals surface area contributed by atoms with E-state index in [0.29, 0.717) is 11.8 Å². The Morgan fingerprint density at radius 2 is 1.82 bits per heavy atom. The Hall–Kier alpha value is -4.15. The van der Waals surface area contributed by atoms with Crippen molar-refractivity contribution in [2.24, 2.45) is 0 Å². The number of fused-ring (bicyclic) bond motifs is 1. The molecule has 168 valence electrons. The van der Waals surface area contributed by atoms with Gasteiger partial charge < -0.3 is 5.32 Å². The van der Waals surface area contributed by atoms with E-state index in [2.05, 4.69) is 20.5 Å². The van der Waals surface area contributed by atoms with Gasteiger partial charge in [-0.15, -0.1) is 10.2 Å². The quantitative estimate of drug-likeness (QED) is 0.606. The molecule has 0 spiro atoms. The van der Waals surface area contributed by atoms with Gasteiger partial charge in [-0.3, -0.25) is 24.3 Å². The van der Waals surface area contributed by atoms with Crippen LogP contribution in [-0.4, -0.2) is 44.9 Å². The molecule has 8 nitrogen and oxygen atoms in total. The number of rotatable bonds is 4. The van der Waals surface area contributed by atoms with Crippen LogP contribution in [-0.2, 0) is 17.4 Å². The van der Waals surface area contributed by atoms with Crippen molar-refractivity contribution in [1.29, 1.82) is 0 Å². The largest absolute Gasteiger partial charge is 0.417 e. The molecule has 1 aliphatic heterocycles. The molecular weight excluding hydrogens is 439 g/mol. The summed E-state index contributed by atoms with van der Waals surface area (Å²) in [5.74, 6) is -1.32.